The van der Waals surface area contributed by atoms with Gasteiger partial charge in [-0.25, -0.2) is 0 Å². The van der Waals surface area contributed by atoms with Crippen molar-refractivity contribution in [2.75, 3.05) is 12.8 Å². The quantitative estimate of drug-likeness (QED) is 0.739. The Morgan fingerprint density at radius 1 is 1.00 bits per heavy atom. The van der Waals surface area contributed by atoms with Crippen LogP contribution < -0.4 is 15.2 Å². The average Bonchev–Trinajstić information content (AvgIpc) is 2.43. The first-order valence-corrected chi connectivity index (χ1v) is 7.65. The topological polar surface area (TPSA) is 44.5 Å². The number of nitrogen functional groups attached to an aromatic ring is 1. The molecular formula is C15H15Br2NO2. The second-order valence-corrected chi connectivity index (χ2v) is 6.05. The zero-order valence-electron chi connectivity index (χ0n) is 11.2. The molecule has 3 nitrogen and oxygen atoms in total. The summed E-state index contributed by atoms with van der Waals surface area (Å²) in [6.07, 6.45) is -0.0767. The fraction of sp³-hybridized carbons (Fsp3) is 0.200. The first-order chi connectivity index (χ1) is 9.51. The molecule has 1 unspecified atom stereocenters. The molecule has 2 aromatic rings. The number of hydrogen-bond acceptors (Lipinski definition) is 3. The van der Waals surface area contributed by atoms with E-state index in [1.807, 2.05) is 43.3 Å². The molecule has 0 radical (unpaired) electrons. The van der Waals surface area contributed by atoms with Crippen LogP contribution in [0.2, 0.25) is 0 Å². The minimum Gasteiger partial charge on any atom is -0.496 e. The lowest BCUT2D eigenvalue weighted by molar-refractivity contribution is 0.225. The van der Waals surface area contributed by atoms with E-state index in [0.717, 1.165) is 31.7 Å². The second-order valence-electron chi connectivity index (χ2n) is 4.34. The minimum atomic E-state index is -0.0767. The molecular weight excluding hydrogens is 386 g/mol. The van der Waals surface area contributed by atoms with Gasteiger partial charge in [0.05, 0.1) is 16.1 Å². The van der Waals surface area contributed by atoms with Crippen LogP contribution in [0.25, 0.3) is 0 Å². The highest BCUT2D eigenvalue weighted by Gasteiger charge is 2.12. The average molecular weight is 401 g/mol. The molecule has 5 heteroatoms. The van der Waals surface area contributed by atoms with Gasteiger partial charge >= 0.3 is 0 Å². The first-order valence-electron chi connectivity index (χ1n) is 6.06. The summed E-state index contributed by atoms with van der Waals surface area (Å²) in [4.78, 5) is 0. The van der Waals surface area contributed by atoms with Gasteiger partial charge in [0, 0.05) is 5.69 Å². The maximum absolute atomic E-state index is 5.98. The molecule has 1 atom stereocenters. The van der Waals surface area contributed by atoms with Crippen LogP contribution in [0.4, 0.5) is 5.69 Å². The van der Waals surface area contributed by atoms with E-state index in [4.69, 9.17) is 15.2 Å². The van der Waals surface area contributed by atoms with Gasteiger partial charge in [0.2, 0.25) is 0 Å². The fourth-order valence-corrected chi connectivity index (χ4v) is 2.68. The van der Waals surface area contributed by atoms with Gasteiger partial charge in [-0.15, -0.1) is 0 Å². The van der Waals surface area contributed by atoms with E-state index in [-0.39, 0.29) is 6.10 Å². The monoisotopic (exact) mass is 399 g/mol. The Balaban J connectivity index is 2.21. The molecule has 0 saturated heterocycles. The molecule has 0 spiro atoms. The summed E-state index contributed by atoms with van der Waals surface area (Å²) in [7, 11) is 1.63. The molecule has 0 fully saturated rings. The molecule has 0 aliphatic rings. The van der Waals surface area contributed by atoms with E-state index in [1.165, 1.54) is 0 Å². The summed E-state index contributed by atoms with van der Waals surface area (Å²) in [6, 6.07) is 11.4. The van der Waals surface area contributed by atoms with Gasteiger partial charge in [0.15, 0.2) is 0 Å². The third-order valence-electron chi connectivity index (χ3n) is 2.92. The third kappa shape index (κ3) is 3.46. The van der Waals surface area contributed by atoms with Crippen LogP contribution in [0.15, 0.2) is 45.3 Å². The predicted octanol–water partition coefficient (Wildman–Crippen LogP) is 4.94. The van der Waals surface area contributed by atoms with E-state index in [9.17, 15) is 0 Å². The van der Waals surface area contributed by atoms with Crippen molar-refractivity contribution in [2.24, 2.45) is 0 Å². The Labute approximate surface area is 135 Å². The molecule has 0 saturated carbocycles. The lowest BCUT2D eigenvalue weighted by Crippen LogP contribution is -2.04. The third-order valence-corrected chi connectivity index (χ3v) is 4.16. The first kappa shape index (κ1) is 15.2. The molecule has 20 heavy (non-hydrogen) atoms. The summed E-state index contributed by atoms with van der Waals surface area (Å²) in [5.41, 5.74) is 7.50. The number of benzene rings is 2. The predicted molar refractivity (Wildman–Crippen MR) is 88.3 cm³/mol. The van der Waals surface area contributed by atoms with Crippen molar-refractivity contribution in [1.29, 1.82) is 0 Å². The molecule has 2 N–H and O–H groups in total. The number of nitrogens with two attached hydrogens (primary N) is 1. The van der Waals surface area contributed by atoms with Crippen molar-refractivity contribution in [2.45, 2.75) is 13.0 Å². The molecule has 106 valence electrons. The van der Waals surface area contributed by atoms with Gasteiger partial charge in [-0.2, -0.15) is 0 Å². The van der Waals surface area contributed by atoms with Crippen LogP contribution in [0, 0.1) is 0 Å². The summed E-state index contributed by atoms with van der Waals surface area (Å²) >= 11 is 6.94. The molecule has 2 rings (SSSR count). The van der Waals surface area contributed by atoms with E-state index in [1.54, 1.807) is 7.11 Å². The largest absolute Gasteiger partial charge is 0.496 e. The highest BCUT2D eigenvalue weighted by atomic mass is 79.9. The Bertz CT molecular complexity index is 600. The van der Waals surface area contributed by atoms with Crippen molar-refractivity contribution in [3.05, 3.63) is 50.9 Å². The van der Waals surface area contributed by atoms with Gasteiger partial charge in [0.1, 0.15) is 17.6 Å². The van der Waals surface area contributed by atoms with Crippen LogP contribution in [-0.2, 0) is 0 Å². The molecule has 0 aliphatic heterocycles. The van der Waals surface area contributed by atoms with Crippen molar-refractivity contribution in [3.8, 4) is 11.5 Å². The Morgan fingerprint density at radius 3 is 2.15 bits per heavy atom. The lowest BCUT2D eigenvalue weighted by atomic mass is 10.1. The maximum Gasteiger partial charge on any atom is 0.135 e. The van der Waals surface area contributed by atoms with Gasteiger partial charge in [-0.1, -0.05) is 12.1 Å². The number of anilines is 1. The lowest BCUT2D eigenvalue weighted by Gasteiger charge is -2.17. The van der Waals surface area contributed by atoms with E-state index in [2.05, 4.69) is 31.9 Å². The minimum absolute atomic E-state index is 0.0767. The molecule has 0 aromatic heterocycles. The summed E-state index contributed by atoms with van der Waals surface area (Å²) < 4.78 is 12.9. The van der Waals surface area contributed by atoms with Crippen LogP contribution in [-0.4, -0.2) is 7.11 Å². The Morgan fingerprint density at radius 2 is 1.55 bits per heavy atom. The number of halogens is 2. The van der Waals surface area contributed by atoms with Crippen LogP contribution >= 0.6 is 31.9 Å². The van der Waals surface area contributed by atoms with Crippen LogP contribution in [0.5, 0.6) is 11.5 Å². The van der Waals surface area contributed by atoms with Crippen molar-refractivity contribution in [3.63, 3.8) is 0 Å². The Kier molecular flexibility index (Phi) is 4.94. The smallest absolute Gasteiger partial charge is 0.135 e. The normalized spacial score (nSPS) is 12.0. The maximum atomic E-state index is 5.98. The molecule has 2 aromatic carbocycles. The zero-order valence-corrected chi connectivity index (χ0v) is 14.4. The number of ether oxygens (including phenoxy) is 2. The van der Waals surface area contributed by atoms with Crippen LogP contribution in [0.1, 0.15) is 18.6 Å². The van der Waals surface area contributed by atoms with Gasteiger partial charge in [-0.3, -0.25) is 0 Å². The molecule has 0 aliphatic carbocycles. The second kappa shape index (κ2) is 6.50. The van der Waals surface area contributed by atoms with E-state index >= 15 is 0 Å². The summed E-state index contributed by atoms with van der Waals surface area (Å²) in [5.74, 6) is 1.51. The SMILES string of the molecule is COc1cc(Br)c(OC(C)c2ccc(N)cc2)cc1Br. The highest BCUT2D eigenvalue weighted by Crippen LogP contribution is 2.37. The van der Waals surface area contributed by atoms with Gasteiger partial charge in [-0.05, 0) is 68.6 Å². The number of hydrogen-bond donors (Lipinski definition) is 1. The van der Waals surface area contributed by atoms with Crippen molar-refractivity contribution >= 4 is 37.5 Å². The van der Waals surface area contributed by atoms with Gasteiger partial charge in [0.25, 0.3) is 0 Å². The van der Waals surface area contributed by atoms with Crippen molar-refractivity contribution in [1.82, 2.24) is 0 Å². The van der Waals surface area contributed by atoms with Crippen LogP contribution in [0.3, 0.4) is 0 Å². The van der Waals surface area contributed by atoms with E-state index in [0.29, 0.717) is 0 Å². The summed E-state index contributed by atoms with van der Waals surface area (Å²) in [6.45, 7) is 2.00. The highest BCUT2D eigenvalue weighted by molar-refractivity contribution is 9.11. The molecule has 0 amide bonds. The van der Waals surface area contributed by atoms with E-state index < -0.39 is 0 Å². The summed E-state index contributed by atoms with van der Waals surface area (Å²) in [5, 5.41) is 0. The zero-order chi connectivity index (χ0) is 14.7. The van der Waals surface area contributed by atoms with Crippen molar-refractivity contribution < 1.29 is 9.47 Å². The fourth-order valence-electron chi connectivity index (χ4n) is 1.78. The standard InChI is InChI=1S/C15H15Br2NO2/c1-9(10-3-5-11(18)6-4-10)20-15-8-12(16)14(19-2)7-13(15)17/h3-9H,18H2,1-2H3. The molecule has 0 bridgehead atoms. The number of rotatable bonds is 4. The molecule has 0 heterocycles. The number of methoxy groups -OCH3 is 1. The van der Waals surface area contributed by atoms with Gasteiger partial charge < -0.3 is 15.2 Å². The Hall–Kier alpha value is -1.20.